The van der Waals surface area contributed by atoms with Gasteiger partial charge < -0.3 is 14.5 Å². The van der Waals surface area contributed by atoms with Crippen molar-refractivity contribution in [3.63, 3.8) is 0 Å². The number of carbonyl (C=O) groups is 1. The van der Waals surface area contributed by atoms with Gasteiger partial charge in [0.2, 0.25) is 0 Å². The van der Waals surface area contributed by atoms with Crippen LogP contribution in [0.4, 0.5) is 10.2 Å². The molecular formula is C22H16Cl2FN3O3. The lowest BCUT2D eigenvalue weighted by molar-refractivity contribution is 0.0992. The van der Waals surface area contributed by atoms with Crippen molar-refractivity contribution >= 4 is 34.9 Å². The monoisotopic (exact) mass is 459 g/mol. The predicted octanol–water partition coefficient (Wildman–Crippen LogP) is 5.80. The molecule has 1 N–H and O–H groups in total. The Labute approximate surface area is 187 Å². The molecular weight excluding hydrogens is 444 g/mol. The van der Waals surface area contributed by atoms with E-state index >= 15 is 0 Å². The number of rotatable bonds is 7. The SMILES string of the molecule is O=C(Nc1ccn(Cc2c(F)cccc2Cl)n1)c1ccc(COc2ccc(Cl)cc2)o1. The maximum absolute atomic E-state index is 13.9. The van der Waals surface area contributed by atoms with E-state index in [1.807, 2.05) is 0 Å². The highest BCUT2D eigenvalue weighted by Gasteiger charge is 2.14. The minimum absolute atomic E-state index is 0.112. The number of carbonyl (C=O) groups excluding carboxylic acids is 1. The summed E-state index contributed by atoms with van der Waals surface area (Å²) in [6, 6.07) is 16.2. The van der Waals surface area contributed by atoms with Crippen molar-refractivity contribution in [1.82, 2.24) is 9.78 Å². The van der Waals surface area contributed by atoms with Gasteiger partial charge in [0.15, 0.2) is 11.6 Å². The van der Waals surface area contributed by atoms with E-state index in [0.29, 0.717) is 32.9 Å². The van der Waals surface area contributed by atoms with E-state index in [0.717, 1.165) is 0 Å². The molecule has 0 atom stereocenters. The quantitative estimate of drug-likeness (QED) is 0.379. The molecule has 6 nitrogen and oxygen atoms in total. The number of aromatic nitrogens is 2. The second-order valence-corrected chi connectivity index (χ2v) is 7.41. The van der Waals surface area contributed by atoms with E-state index in [1.165, 1.54) is 16.8 Å². The second-order valence-electron chi connectivity index (χ2n) is 6.56. The number of hydrogen-bond acceptors (Lipinski definition) is 4. The normalized spacial score (nSPS) is 10.8. The van der Waals surface area contributed by atoms with Gasteiger partial charge in [-0.3, -0.25) is 9.48 Å². The van der Waals surface area contributed by atoms with Crippen molar-refractivity contribution in [2.24, 2.45) is 0 Å². The summed E-state index contributed by atoms with van der Waals surface area (Å²) in [5, 5.41) is 7.79. The third kappa shape index (κ3) is 5.25. The third-order valence-electron chi connectivity index (χ3n) is 4.34. The Morgan fingerprint density at radius 1 is 1.10 bits per heavy atom. The summed E-state index contributed by atoms with van der Waals surface area (Å²) in [4.78, 5) is 12.4. The first-order valence-electron chi connectivity index (χ1n) is 9.23. The summed E-state index contributed by atoms with van der Waals surface area (Å²) < 4.78 is 26.6. The highest BCUT2D eigenvalue weighted by molar-refractivity contribution is 6.31. The van der Waals surface area contributed by atoms with E-state index in [1.54, 1.807) is 54.7 Å². The lowest BCUT2D eigenvalue weighted by atomic mass is 10.2. The van der Waals surface area contributed by atoms with Crippen molar-refractivity contribution in [3.05, 3.63) is 99.8 Å². The van der Waals surface area contributed by atoms with Gasteiger partial charge in [0.05, 0.1) is 6.54 Å². The summed E-state index contributed by atoms with van der Waals surface area (Å²) in [6.07, 6.45) is 1.62. The fourth-order valence-electron chi connectivity index (χ4n) is 2.80. The number of hydrogen-bond donors (Lipinski definition) is 1. The van der Waals surface area contributed by atoms with E-state index < -0.39 is 11.7 Å². The molecule has 0 aliphatic rings. The van der Waals surface area contributed by atoms with Gasteiger partial charge in [-0.25, -0.2) is 4.39 Å². The Kier molecular flexibility index (Phi) is 6.25. The Morgan fingerprint density at radius 3 is 2.68 bits per heavy atom. The zero-order valence-corrected chi connectivity index (χ0v) is 17.5. The van der Waals surface area contributed by atoms with Crippen molar-refractivity contribution in [2.45, 2.75) is 13.2 Å². The van der Waals surface area contributed by atoms with Crippen LogP contribution in [0.5, 0.6) is 5.75 Å². The van der Waals surface area contributed by atoms with E-state index in [9.17, 15) is 9.18 Å². The number of amides is 1. The van der Waals surface area contributed by atoms with Crippen LogP contribution in [0, 0.1) is 5.82 Å². The molecule has 9 heteroatoms. The van der Waals surface area contributed by atoms with Crippen LogP contribution in [0.15, 0.2) is 71.3 Å². The molecule has 0 bridgehead atoms. The first-order valence-corrected chi connectivity index (χ1v) is 9.98. The number of furan rings is 1. The highest BCUT2D eigenvalue weighted by atomic mass is 35.5. The fourth-order valence-corrected chi connectivity index (χ4v) is 3.15. The maximum Gasteiger partial charge on any atom is 0.292 e. The molecule has 0 fully saturated rings. The number of nitrogens with one attached hydrogen (secondary N) is 1. The van der Waals surface area contributed by atoms with Crippen LogP contribution in [-0.4, -0.2) is 15.7 Å². The molecule has 1 amide bonds. The summed E-state index contributed by atoms with van der Waals surface area (Å²) in [5.74, 6) is 0.644. The minimum Gasteiger partial charge on any atom is -0.486 e. The molecule has 158 valence electrons. The van der Waals surface area contributed by atoms with Crippen LogP contribution in [0.25, 0.3) is 0 Å². The number of anilines is 1. The number of halogens is 3. The Bertz CT molecular complexity index is 1180. The van der Waals surface area contributed by atoms with Crippen LogP contribution < -0.4 is 10.1 Å². The Hall–Kier alpha value is -3.29. The van der Waals surface area contributed by atoms with E-state index in [2.05, 4.69) is 10.4 Å². The largest absolute Gasteiger partial charge is 0.486 e. The standard InChI is InChI=1S/C22H16Cl2FN3O3/c23-14-4-6-15(7-5-14)30-13-16-8-9-20(31-16)22(29)26-21-10-11-28(27-21)12-17-18(24)2-1-3-19(17)25/h1-11H,12-13H2,(H,26,27,29). The smallest absolute Gasteiger partial charge is 0.292 e. The average molecular weight is 460 g/mol. The Morgan fingerprint density at radius 2 is 1.90 bits per heavy atom. The lowest BCUT2D eigenvalue weighted by Crippen LogP contribution is -2.12. The fraction of sp³-hybridized carbons (Fsp3) is 0.0909. The van der Waals surface area contributed by atoms with Crippen LogP contribution >= 0.6 is 23.2 Å². The zero-order chi connectivity index (χ0) is 21.8. The van der Waals surface area contributed by atoms with Crippen molar-refractivity contribution in [1.29, 1.82) is 0 Å². The van der Waals surface area contributed by atoms with Gasteiger partial charge in [-0.2, -0.15) is 5.10 Å². The molecule has 2 heterocycles. The second kappa shape index (κ2) is 9.24. The molecule has 4 aromatic rings. The van der Waals surface area contributed by atoms with Crippen LogP contribution in [0.1, 0.15) is 21.9 Å². The van der Waals surface area contributed by atoms with Crippen LogP contribution in [0.3, 0.4) is 0 Å². The van der Waals surface area contributed by atoms with Crippen molar-refractivity contribution in [2.75, 3.05) is 5.32 Å². The summed E-state index contributed by atoms with van der Waals surface area (Å²) in [6.45, 7) is 0.293. The van der Waals surface area contributed by atoms with Gasteiger partial charge in [0, 0.05) is 27.9 Å². The topological polar surface area (TPSA) is 69.3 Å². The lowest BCUT2D eigenvalue weighted by Gasteiger charge is -2.06. The predicted molar refractivity (Wildman–Crippen MR) is 115 cm³/mol. The minimum atomic E-state index is -0.466. The summed E-state index contributed by atoms with van der Waals surface area (Å²) >= 11 is 11.9. The van der Waals surface area contributed by atoms with E-state index in [4.69, 9.17) is 32.4 Å². The van der Waals surface area contributed by atoms with Gasteiger partial charge in [-0.05, 0) is 48.5 Å². The van der Waals surface area contributed by atoms with Gasteiger partial charge in [0.25, 0.3) is 5.91 Å². The zero-order valence-electron chi connectivity index (χ0n) is 16.0. The molecule has 0 saturated heterocycles. The molecule has 31 heavy (non-hydrogen) atoms. The first kappa shape index (κ1) is 21.0. The molecule has 0 spiro atoms. The van der Waals surface area contributed by atoms with Crippen molar-refractivity contribution in [3.8, 4) is 5.75 Å². The van der Waals surface area contributed by atoms with Crippen LogP contribution in [0.2, 0.25) is 10.0 Å². The molecule has 0 saturated carbocycles. The third-order valence-corrected chi connectivity index (χ3v) is 4.95. The van der Waals surface area contributed by atoms with Gasteiger partial charge in [-0.1, -0.05) is 29.3 Å². The molecule has 0 aliphatic carbocycles. The molecule has 0 radical (unpaired) electrons. The highest BCUT2D eigenvalue weighted by Crippen LogP contribution is 2.21. The van der Waals surface area contributed by atoms with E-state index in [-0.39, 0.29) is 18.9 Å². The molecule has 2 aromatic carbocycles. The van der Waals surface area contributed by atoms with Gasteiger partial charge in [-0.15, -0.1) is 0 Å². The van der Waals surface area contributed by atoms with Crippen LogP contribution in [-0.2, 0) is 13.2 Å². The average Bonchev–Trinajstić information content (AvgIpc) is 3.40. The maximum atomic E-state index is 13.9. The molecule has 0 unspecified atom stereocenters. The van der Waals surface area contributed by atoms with Crippen molar-refractivity contribution < 1.29 is 18.3 Å². The Balaban J connectivity index is 1.35. The molecule has 4 rings (SSSR count). The summed E-state index contributed by atoms with van der Waals surface area (Å²) in [7, 11) is 0. The number of benzene rings is 2. The van der Waals surface area contributed by atoms with Gasteiger partial charge in [0.1, 0.15) is 23.9 Å². The number of nitrogens with zero attached hydrogens (tertiary/aromatic N) is 2. The van der Waals surface area contributed by atoms with Gasteiger partial charge >= 0.3 is 0 Å². The summed E-state index contributed by atoms with van der Waals surface area (Å²) in [5.41, 5.74) is 0.321. The number of ether oxygens (including phenoxy) is 1. The first-order chi connectivity index (χ1) is 15.0. The molecule has 2 aromatic heterocycles. The molecule has 0 aliphatic heterocycles.